The molecule has 0 saturated heterocycles. The molecule has 3 unspecified atom stereocenters. The van der Waals surface area contributed by atoms with Crippen LogP contribution in [0.1, 0.15) is 245 Å². The summed E-state index contributed by atoms with van der Waals surface area (Å²) in [7, 11) is -4.53. The molecule has 0 fully saturated rings. The fourth-order valence-electron chi connectivity index (χ4n) is 7.61. The summed E-state index contributed by atoms with van der Waals surface area (Å²) < 4.78 is 33.6. The number of allylic oxidation sites excluding steroid dienone is 12. The molecule has 3 N–H and O–H groups in total. The van der Waals surface area contributed by atoms with Crippen molar-refractivity contribution in [3.63, 3.8) is 0 Å². The number of carbonyl (C=O) groups is 1. The Kier molecular flexibility index (Phi) is 52.6. The van der Waals surface area contributed by atoms with Gasteiger partial charge in [-0.2, -0.15) is 0 Å². The zero-order chi connectivity index (χ0) is 49.5. The fraction of sp³-hybridized carbons (Fsp3) is 0.776. The maximum atomic E-state index is 12.7. The van der Waals surface area contributed by atoms with Gasteiger partial charge in [0.1, 0.15) is 12.2 Å². The first-order valence-corrected chi connectivity index (χ1v) is 29.4. The van der Waals surface area contributed by atoms with Gasteiger partial charge in [0.05, 0.1) is 26.4 Å². The first kappa shape index (κ1) is 65.9. The van der Waals surface area contributed by atoms with Gasteiger partial charge in [0, 0.05) is 13.0 Å². The topological polar surface area (TPSA) is 132 Å². The van der Waals surface area contributed by atoms with Gasteiger partial charge in [0.2, 0.25) is 0 Å². The van der Waals surface area contributed by atoms with Gasteiger partial charge in [0.15, 0.2) is 0 Å². The molecule has 0 aromatic carbocycles. The van der Waals surface area contributed by atoms with E-state index >= 15 is 0 Å². The Hall–Kier alpha value is -2.10. The van der Waals surface area contributed by atoms with E-state index in [0.717, 1.165) is 83.5 Å². The molecule has 0 rings (SSSR count). The van der Waals surface area contributed by atoms with Crippen LogP contribution in [0.15, 0.2) is 72.9 Å². The van der Waals surface area contributed by atoms with Gasteiger partial charge in [0.25, 0.3) is 0 Å². The van der Waals surface area contributed by atoms with Gasteiger partial charge in [-0.05, 0) is 89.9 Å². The van der Waals surface area contributed by atoms with Crippen molar-refractivity contribution in [2.24, 2.45) is 0 Å². The lowest BCUT2D eigenvalue weighted by atomic mass is 10.1. The molecule has 0 saturated carbocycles. The second kappa shape index (κ2) is 54.2. The Morgan fingerprint density at radius 1 is 0.456 bits per heavy atom. The van der Waals surface area contributed by atoms with Crippen LogP contribution in [0.3, 0.4) is 0 Å². The molecule has 68 heavy (non-hydrogen) atoms. The summed E-state index contributed by atoms with van der Waals surface area (Å²) in [6, 6.07) is 0. The minimum Gasteiger partial charge on any atom is -0.457 e. The number of phosphoric ester groups is 1. The van der Waals surface area contributed by atoms with Crippen molar-refractivity contribution >= 4 is 13.8 Å². The summed E-state index contributed by atoms with van der Waals surface area (Å²) in [6.45, 7) is 3.49. The third kappa shape index (κ3) is 53.3. The third-order valence-corrected chi connectivity index (χ3v) is 12.8. The largest absolute Gasteiger partial charge is 0.472 e. The zero-order valence-corrected chi connectivity index (χ0v) is 44.7. The standard InChI is InChI=1S/C58H105O9P/c1-3-5-7-9-11-13-15-17-19-21-23-25-27-29-31-33-35-37-39-41-43-45-47-49-51-64-54-57(55-66-68(62,63)65-53-56(60)52-59)67-58(61)50-48-46-44-42-40-38-36-34-32-30-28-26-24-22-20-18-16-14-12-10-8-6-4-2/h15-18,21-24,27-30,56-57,59-60H,3-14,19-20,25-26,31-55H2,1-2H3,(H,62,63)/b17-15-,18-16-,23-21-,24-22-,29-27-,30-28-. The smallest absolute Gasteiger partial charge is 0.457 e. The summed E-state index contributed by atoms with van der Waals surface area (Å²) in [4.78, 5) is 22.8. The average molecular weight is 977 g/mol. The highest BCUT2D eigenvalue weighted by atomic mass is 31.2. The number of carbonyl (C=O) groups excluding carboxylic acids is 1. The van der Waals surface area contributed by atoms with Crippen LogP contribution in [0, 0.1) is 0 Å². The van der Waals surface area contributed by atoms with Crippen molar-refractivity contribution in [1.82, 2.24) is 0 Å². The lowest BCUT2D eigenvalue weighted by molar-refractivity contribution is -0.154. The van der Waals surface area contributed by atoms with Gasteiger partial charge in [-0.1, -0.05) is 222 Å². The van der Waals surface area contributed by atoms with Crippen LogP contribution in [-0.4, -0.2) is 66.3 Å². The van der Waals surface area contributed by atoms with Gasteiger partial charge < -0.3 is 24.6 Å². The van der Waals surface area contributed by atoms with Crippen molar-refractivity contribution in [2.45, 2.75) is 257 Å². The van der Waals surface area contributed by atoms with Crippen LogP contribution < -0.4 is 0 Å². The van der Waals surface area contributed by atoms with Gasteiger partial charge >= 0.3 is 13.8 Å². The minimum atomic E-state index is -4.53. The number of ether oxygens (including phenoxy) is 2. The number of hydrogen-bond donors (Lipinski definition) is 3. The molecule has 10 heteroatoms. The summed E-state index contributed by atoms with van der Waals surface area (Å²) in [5.74, 6) is -0.391. The molecule has 0 aliphatic heterocycles. The second-order valence-corrected chi connectivity index (χ2v) is 20.1. The normalized spacial score (nSPS) is 14.2. The van der Waals surface area contributed by atoms with E-state index in [1.165, 1.54) is 141 Å². The summed E-state index contributed by atoms with van der Waals surface area (Å²) in [5.41, 5.74) is 0. The second-order valence-electron chi connectivity index (χ2n) is 18.6. The first-order chi connectivity index (χ1) is 33.3. The fourth-order valence-corrected chi connectivity index (χ4v) is 8.40. The Morgan fingerprint density at radius 2 is 0.794 bits per heavy atom. The number of unbranched alkanes of at least 4 members (excludes halogenated alkanes) is 27. The highest BCUT2D eigenvalue weighted by molar-refractivity contribution is 7.47. The maximum Gasteiger partial charge on any atom is 0.472 e. The van der Waals surface area contributed by atoms with Crippen LogP contribution in [0.5, 0.6) is 0 Å². The molecule has 0 aliphatic carbocycles. The van der Waals surface area contributed by atoms with E-state index in [1.54, 1.807) is 0 Å². The molecule has 0 amide bonds. The molecule has 3 atom stereocenters. The number of aliphatic hydroxyl groups is 2. The molecule has 0 heterocycles. The maximum absolute atomic E-state index is 12.7. The van der Waals surface area contributed by atoms with Crippen molar-refractivity contribution in [3.8, 4) is 0 Å². The van der Waals surface area contributed by atoms with E-state index in [4.69, 9.17) is 23.6 Å². The van der Waals surface area contributed by atoms with E-state index in [9.17, 15) is 19.4 Å². The average Bonchev–Trinajstić information content (AvgIpc) is 3.33. The number of hydrogen-bond acceptors (Lipinski definition) is 8. The summed E-state index contributed by atoms with van der Waals surface area (Å²) in [6.07, 6.45) is 67.3. The third-order valence-electron chi connectivity index (χ3n) is 11.9. The van der Waals surface area contributed by atoms with Crippen molar-refractivity contribution < 1.29 is 43.0 Å². The molecule has 0 bridgehead atoms. The van der Waals surface area contributed by atoms with E-state index in [1.807, 2.05) is 0 Å². The van der Waals surface area contributed by atoms with Gasteiger partial charge in [-0.15, -0.1) is 0 Å². The number of aliphatic hydroxyl groups excluding tert-OH is 2. The molecule has 0 radical (unpaired) electrons. The molecule has 0 aliphatic rings. The molecule has 0 spiro atoms. The highest BCUT2D eigenvalue weighted by Crippen LogP contribution is 2.43. The Labute approximate surface area is 418 Å². The quantitative estimate of drug-likeness (QED) is 0.0236. The number of esters is 1. The van der Waals surface area contributed by atoms with E-state index in [2.05, 4.69) is 86.8 Å². The Balaban J connectivity index is 4.08. The molecule has 0 aromatic rings. The molecule has 0 aromatic heterocycles. The molecule has 396 valence electrons. The van der Waals surface area contributed by atoms with Crippen LogP contribution in [0.25, 0.3) is 0 Å². The SMILES string of the molecule is CCCCCCC/C=C\C/C=C\C/C=C\CCCCCCCCCCCOCC(COP(=O)(O)OCC(O)CO)OC(=O)CCCCCCCCCC/C=C\C/C=C\C/C=C\CCCCCCC. The van der Waals surface area contributed by atoms with Crippen LogP contribution >= 0.6 is 7.82 Å². The highest BCUT2D eigenvalue weighted by Gasteiger charge is 2.26. The van der Waals surface area contributed by atoms with Crippen LogP contribution in [0.4, 0.5) is 0 Å². The van der Waals surface area contributed by atoms with Gasteiger partial charge in [-0.3, -0.25) is 13.8 Å². The predicted molar refractivity (Wildman–Crippen MR) is 288 cm³/mol. The summed E-state index contributed by atoms with van der Waals surface area (Å²) >= 11 is 0. The van der Waals surface area contributed by atoms with Gasteiger partial charge in [-0.25, -0.2) is 4.57 Å². The molecular weight excluding hydrogens is 872 g/mol. The number of rotatable bonds is 53. The lowest BCUT2D eigenvalue weighted by Gasteiger charge is -2.20. The molecular formula is C58H105O9P. The van der Waals surface area contributed by atoms with Crippen molar-refractivity contribution in [1.29, 1.82) is 0 Å². The van der Waals surface area contributed by atoms with E-state index in [-0.39, 0.29) is 19.6 Å². The van der Waals surface area contributed by atoms with E-state index < -0.39 is 39.2 Å². The lowest BCUT2D eigenvalue weighted by Crippen LogP contribution is -2.29. The van der Waals surface area contributed by atoms with Crippen molar-refractivity contribution in [3.05, 3.63) is 72.9 Å². The molecule has 9 nitrogen and oxygen atoms in total. The predicted octanol–water partition coefficient (Wildman–Crippen LogP) is 16.8. The minimum absolute atomic E-state index is 0.0396. The Bertz CT molecular complexity index is 1290. The summed E-state index contributed by atoms with van der Waals surface area (Å²) in [5, 5.41) is 18.5. The van der Waals surface area contributed by atoms with E-state index in [0.29, 0.717) is 6.61 Å². The van der Waals surface area contributed by atoms with Crippen LogP contribution in [-0.2, 0) is 27.9 Å². The Morgan fingerprint density at radius 3 is 1.19 bits per heavy atom. The van der Waals surface area contributed by atoms with Crippen LogP contribution in [0.2, 0.25) is 0 Å². The zero-order valence-electron chi connectivity index (χ0n) is 43.8. The van der Waals surface area contributed by atoms with Crippen molar-refractivity contribution in [2.75, 3.05) is 33.0 Å². The number of phosphoric acid groups is 1. The first-order valence-electron chi connectivity index (χ1n) is 27.9. The monoisotopic (exact) mass is 977 g/mol.